The smallest absolute Gasteiger partial charge is 0.228 e. The van der Waals surface area contributed by atoms with Crippen molar-refractivity contribution in [3.63, 3.8) is 0 Å². The van der Waals surface area contributed by atoms with Crippen molar-refractivity contribution in [3.05, 3.63) is 71.8 Å². The first-order valence-corrected chi connectivity index (χ1v) is 10.0. The van der Waals surface area contributed by atoms with Gasteiger partial charge in [-0.15, -0.1) is 0 Å². The van der Waals surface area contributed by atoms with Crippen LogP contribution in [0.1, 0.15) is 23.5 Å². The molecule has 2 aromatic rings. The van der Waals surface area contributed by atoms with E-state index in [1.165, 1.54) is 5.56 Å². The number of hydrogen-bond donors (Lipinski definition) is 1. The Morgan fingerprint density at radius 1 is 0.964 bits per heavy atom. The Kier molecular flexibility index (Phi) is 5.44. The largest absolute Gasteiger partial charge is 0.341 e. The lowest BCUT2D eigenvalue weighted by Crippen LogP contribution is -2.36. The van der Waals surface area contributed by atoms with E-state index in [9.17, 15) is 9.59 Å². The summed E-state index contributed by atoms with van der Waals surface area (Å²) in [6.45, 7) is 3.01. The van der Waals surface area contributed by atoms with E-state index in [1.54, 1.807) is 0 Å². The van der Waals surface area contributed by atoms with Gasteiger partial charge in [0.15, 0.2) is 0 Å². The maximum Gasteiger partial charge on any atom is 0.228 e. The second kappa shape index (κ2) is 8.15. The van der Waals surface area contributed by atoms with Crippen molar-refractivity contribution in [1.29, 1.82) is 0 Å². The van der Waals surface area contributed by atoms with Crippen molar-refractivity contribution >= 4 is 11.8 Å². The van der Waals surface area contributed by atoms with Crippen molar-refractivity contribution in [2.45, 2.75) is 18.9 Å². The lowest BCUT2D eigenvalue weighted by Gasteiger charge is -2.21. The molecular formula is C23H27N3O2. The van der Waals surface area contributed by atoms with E-state index in [0.717, 1.165) is 5.56 Å². The van der Waals surface area contributed by atoms with Crippen LogP contribution in [0.4, 0.5) is 0 Å². The molecule has 2 heterocycles. The highest BCUT2D eigenvalue weighted by molar-refractivity contribution is 5.89. The Balaban J connectivity index is 1.41. The predicted molar refractivity (Wildman–Crippen MR) is 108 cm³/mol. The summed E-state index contributed by atoms with van der Waals surface area (Å²) >= 11 is 0. The van der Waals surface area contributed by atoms with Gasteiger partial charge in [0.05, 0.1) is 5.92 Å². The van der Waals surface area contributed by atoms with Crippen molar-refractivity contribution in [3.8, 4) is 0 Å². The first-order valence-electron chi connectivity index (χ1n) is 10.0. The third-order valence-corrected chi connectivity index (χ3v) is 6.06. The summed E-state index contributed by atoms with van der Waals surface area (Å²) in [4.78, 5) is 29.3. The van der Waals surface area contributed by atoms with Gasteiger partial charge in [-0.05, 0) is 23.6 Å². The van der Waals surface area contributed by atoms with E-state index in [2.05, 4.69) is 12.1 Å². The minimum Gasteiger partial charge on any atom is -0.341 e. The van der Waals surface area contributed by atoms with Crippen LogP contribution >= 0.6 is 0 Å². The fraction of sp³-hybridized carbons (Fsp3) is 0.391. The molecule has 0 spiro atoms. The Morgan fingerprint density at radius 2 is 1.64 bits per heavy atom. The zero-order valence-corrected chi connectivity index (χ0v) is 16.0. The van der Waals surface area contributed by atoms with Crippen LogP contribution < -0.4 is 5.73 Å². The first-order chi connectivity index (χ1) is 13.7. The molecule has 0 saturated carbocycles. The van der Waals surface area contributed by atoms with E-state index in [4.69, 9.17) is 5.73 Å². The third-order valence-electron chi connectivity index (χ3n) is 6.06. The molecular weight excluding hydrogens is 350 g/mol. The number of benzene rings is 2. The average Bonchev–Trinajstić information content (AvgIpc) is 3.33. The number of carbonyl (C=O) groups is 2. The summed E-state index contributed by atoms with van der Waals surface area (Å²) in [7, 11) is 0. The zero-order chi connectivity index (χ0) is 19.5. The molecule has 28 heavy (non-hydrogen) atoms. The number of rotatable bonds is 5. The summed E-state index contributed by atoms with van der Waals surface area (Å²) in [5.41, 5.74) is 8.34. The van der Waals surface area contributed by atoms with Gasteiger partial charge in [-0.2, -0.15) is 0 Å². The van der Waals surface area contributed by atoms with E-state index >= 15 is 0 Å². The van der Waals surface area contributed by atoms with E-state index < -0.39 is 0 Å². The molecule has 0 bridgehead atoms. The van der Waals surface area contributed by atoms with Gasteiger partial charge < -0.3 is 15.5 Å². The molecule has 0 radical (unpaired) electrons. The van der Waals surface area contributed by atoms with E-state index in [0.29, 0.717) is 39.1 Å². The van der Waals surface area contributed by atoms with Crippen LogP contribution in [0.3, 0.4) is 0 Å². The van der Waals surface area contributed by atoms with Gasteiger partial charge in [0, 0.05) is 38.5 Å². The lowest BCUT2D eigenvalue weighted by atomic mass is 9.89. The summed E-state index contributed by atoms with van der Waals surface area (Å²) < 4.78 is 0. The van der Waals surface area contributed by atoms with Crippen molar-refractivity contribution in [2.75, 3.05) is 26.2 Å². The molecule has 3 atom stereocenters. The minimum absolute atomic E-state index is 0.0661. The lowest BCUT2D eigenvalue weighted by molar-refractivity contribution is -0.135. The highest BCUT2D eigenvalue weighted by Gasteiger charge is 2.41. The molecule has 0 aliphatic carbocycles. The van der Waals surface area contributed by atoms with Gasteiger partial charge in [-0.25, -0.2) is 0 Å². The van der Waals surface area contributed by atoms with Gasteiger partial charge in [-0.3, -0.25) is 9.59 Å². The average molecular weight is 377 g/mol. The number of hydrogen-bond acceptors (Lipinski definition) is 3. The normalized spacial score (nSPS) is 24.8. The third kappa shape index (κ3) is 3.80. The van der Waals surface area contributed by atoms with Crippen LogP contribution in [-0.4, -0.2) is 47.8 Å². The second-order valence-electron chi connectivity index (χ2n) is 7.92. The monoisotopic (exact) mass is 377 g/mol. The van der Waals surface area contributed by atoms with Gasteiger partial charge >= 0.3 is 0 Å². The summed E-state index contributed by atoms with van der Waals surface area (Å²) in [5, 5.41) is 0. The highest BCUT2D eigenvalue weighted by atomic mass is 16.2. The maximum atomic E-state index is 13.1. The molecule has 2 saturated heterocycles. The topological polar surface area (TPSA) is 66.6 Å². The Morgan fingerprint density at radius 3 is 2.32 bits per heavy atom. The number of amides is 2. The number of likely N-dealkylation sites (tertiary alicyclic amines) is 2. The summed E-state index contributed by atoms with van der Waals surface area (Å²) in [6, 6.07) is 20.2. The summed E-state index contributed by atoms with van der Waals surface area (Å²) in [5.74, 6) is 0.456. The molecule has 2 aliphatic heterocycles. The Bertz CT molecular complexity index is 824. The molecule has 2 fully saturated rings. The Hall–Kier alpha value is -2.66. The van der Waals surface area contributed by atoms with Crippen molar-refractivity contribution in [2.24, 2.45) is 17.6 Å². The zero-order valence-electron chi connectivity index (χ0n) is 16.0. The molecule has 4 rings (SSSR count). The second-order valence-corrected chi connectivity index (χ2v) is 7.92. The van der Waals surface area contributed by atoms with Gasteiger partial charge in [-0.1, -0.05) is 60.7 Å². The highest BCUT2D eigenvalue weighted by Crippen LogP contribution is 2.34. The first kappa shape index (κ1) is 18.7. The van der Waals surface area contributed by atoms with Gasteiger partial charge in [0.25, 0.3) is 0 Å². The molecule has 0 aromatic heterocycles. The molecule has 1 unspecified atom stereocenters. The fourth-order valence-corrected chi connectivity index (χ4v) is 4.52. The van der Waals surface area contributed by atoms with Gasteiger partial charge in [0.1, 0.15) is 0 Å². The van der Waals surface area contributed by atoms with Crippen LogP contribution in [0.2, 0.25) is 0 Å². The predicted octanol–water partition coefficient (Wildman–Crippen LogP) is 2.24. The van der Waals surface area contributed by atoms with Crippen LogP contribution in [0.5, 0.6) is 0 Å². The standard InChI is InChI=1S/C23H27N3O2/c24-12-20-15-26(16-21(20)18-9-5-2-6-10-18)23(28)19-11-22(27)25(14-19)13-17-7-3-1-4-8-17/h1-10,19-21H,11-16,24H2/t19?,20-,21+/m1/s1. The van der Waals surface area contributed by atoms with Crippen molar-refractivity contribution < 1.29 is 9.59 Å². The molecule has 2 aliphatic rings. The van der Waals surface area contributed by atoms with Crippen molar-refractivity contribution in [1.82, 2.24) is 9.80 Å². The summed E-state index contributed by atoms with van der Waals surface area (Å²) in [6.07, 6.45) is 0.311. The maximum absolute atomic E-state index is 13.1. The SMILES string of the molecule is NC[C@@H]1CN(C(=O)C2CC(=O)N(Cc3ccccc3)C2)C[C@H]1c1ccccc1. The minimum atomic E-state index is -0.246. The van der Waals surface area contributed by atoms with Crippen LogP contribution in [0.25, 0.3) is 0 Å². The fourth-order valence-electron chi connectivity index (χ4n) is 4.52. The van der Waals surface area contributed by atoms with Crippen LogP contribution in [0, 0.1) is 11.8 Å². The molecule has 5 heteroatoms. The van der Waals surface area contributed by atoms with Gasteiger partial charge in [0.2, 0.25) is 11.8 Å². The molecule has 146 valence electrons. The number of nitrogens with zero attached hydrogens (tertiary/aromatic N) is 2. The number of nitrogens with two attached hydrogens (primary N) is 1. The molecule has 5 nitrogen and oxygen atoms in total. The van der Waals surface area contributed by atoms with E-state index in [1.807, 2.05) is 58.3 Å². The molecule has 2 N–H and O–H groups in total. The quantitative estimate of drug-likeness (QED) is 0.869. The molecule has 2 amide bonds. The van der Waals surface area contributed by atoms with Crippen LogP contribution in [0.15, 0.2) is 60.7 Å². The number of carbonyl (C=O) groups excluding carboxylic acids is 2. The Labute approximate surface area is 166 Å². The van der Waals surface area contributed by atoms with Crippen LogP contribution in [-0.2, 0) is 16.1 Å². The van der Waals surface area contributed by atoms with E-state index in [-0.39, 0.29) is 29.6 Å². The molecule has 2 aromatic carbocycles.